The first kappa shape index (κ1) is 19.1. The van der Waals surface area contributed by atoms with Crippen molar-refractivity contribution in [2.24, 2.45) is 5.92 Å². The van der Waals surface area contributed by atoms with Gasteiger partial charge in [0.2, 0.25) is 0 Å². The summed E-state index contributed by atoms with van der Waals surface area (Å²) in [5.41, 5.74) is 0. The van der Waals surface area contributed by atoms with Crippen molar-refractivity contribution in [3.63, 3.8) is 0 Å². The summed E-state index contributed by atoms with van der Waals surface area (Å²) in [6.45, 7) is 2.92. The van der Waals surface area contributed by atoms with Crippen LogP contribution in [0.25, 0.3) is 0 Å². The van der Waals surface area contributed by atoms with Gasteiger partial charge >= 0.3 is 0 Å². The number of nitrogens with one attached hydrogen (secondary N) is 1. The second kappa shape index (κ2) is 8.79. The molecule has 1 aromatic heterocycles. The van der Waals surface area contributed by atoms with Gasteiger partial charge in [-0.1, -0.05) is 24.3 Å². The van der Waals surface area contributed by atoms with Gasteiger partial charge in [0.15, 0.2) is 9.84 Å². The quantitative estimate of drug-likeness (QED) is 0.787. The number of nitrogens with zero attached hydrogens (tertiary/aromatic N) is 1. The number of hydrogen-bond donors (Lipinski definition) is 1. The SMILES string of the molecule is O=C(NCC1CCCN(CCS(=O)(=O)c2ccccc2)C1)c1cccs1. The second-order valence-electron chi connectivity index (χ2n) is 6.63. The zero-order chi connectivity index (χ0) is 18.4. The number of rotatable bonds is 7. The monoisotopic (exact) mass is 392 g/mol. The smallest absolute Gasteiger partial charge is 0.261 e. The van der Waals surface area contributed by atoms with Crippen LogP contribution >= 0.6 is 11.3 Å². The lowest BCUT2D eigenvalue weighted by atomic mass is 9.98. The highest BCUT2D eigenvalue weighted by molar-refractivity contribution is 7.91. The molecule has 0 saturated carbocycles. The van der Waals surface area contributed by atoms with E-state index in [2.05, 4.69) is 10.2 Å². The van der Waals surface area contributed by atoms with Gasteiger partial charge in [0, 0.05) is 19.6 Å². The number of thiophene rings is 1. The van der Waals surface area contributed by atoms with Gasteiger partial charge in [-0.25, -0.2) is 8.42 Å². The Kier molecular flexibility index (Phi) is 6.45. The molecule has 26 heavy (non-hydrogen) atoms. The minimum absolute atomic E-state index is 0.0243. The van der Waals surface area contributed by atoms with E-state index in [0.29, 0.717) is 23.9 Å². The summed E-state index contributed by atoms with van der Waals surface area (Å²) in [4.78, 5) is 15.4. The lowest BCUT2D eigenvalue weighted by Crippen LogP contribution is -2.42. The molecule has 1 aliphatic rings. The number of likely N-dealkylation sites (tertiary alicyclic amines) is 1. The standard InChI is InChI=1S/C19H24N2O3S2/c22-19(18-9-5-12-25-18)20-14-16-6-4-10-21(15-16)11-13-26(23,24)17-7-2-1-3-8-17/h1-3,5,7-9,12,16H,4,6,10-11,13-15H2,(H,20,22). The molecule has 2 heterocycles. The fourth-order valence-corrected chi connectivity index (χ4v) is 5.19. The van der Waals surface area contributed by atoms with Crippen LogP contribution in [-0.4, -0.2) is 51.2 Å². The summed E-state index contributed by atoms with van der Waals surface area (Å²) in [5.74, 6) is 0.474. The average Bonchev–Trinajstić information content (AvgIpc) is 3.21. The molecule has 2 aromatic rings. The largest absolute Gasteiger partial charge is 0.351 e. The molecule has 1 amide bonds. The number of benzene rings is 1. The van der Waals surface area contributed by atoms with E-state index >= 15 is 0 Å². The maximum Gasteiger partial charge on any atom is 0.261 e. The third-order valence-electron chi connectivity index (χ3n) is 4.68. The Morgan fingerprint density at radius 2 is 2.00 bits per heavy atom. The fraction of sp³-hybridized carbons (Fsp3) is 0.421. The van der Waals surface area contributed by atoms with Crippen molar-refractivity contribution in [1.29, 1.82) is 0 Å². The number of hydrogen-bond acceptors (Lipinski definition) is 5. The third kappa shape index (κ3) is 5.16. The van der Waals surface area contributed by atoms with Crippen molar-refractivity contribution in [3.8, 4) is 0 Å². The molecule has 0 spiro atoms. The Labute approximate surface area is 159 Å². The normalized spacial score (nSPS) is 18.5. The summed E-state index contributed by atoms with van der Waals surface area (Å²) in [6.07, 6.45) is 2.09. The highest BCUT2D eigenvalue weighted by Crippen LogP contribution is 2.17. The van der Waals surface area contributed by atoms with Crippen molar-refractivity contribution in [3.05, 3.63) is 52.7 Å². The maximum absolute atomic E-state index is 12.4. The molecule has 0 radical (unpaired) electrons. The molecule has 7 heteroatoms. The van der Waals surface area contributed by atoms with Gasteiger partial charge in [-0.05, 0) is 48.9 Å². The Morgan fingerprint density at radius 1 is 1.19 bits per heavy atom. The average molecular weight is 393 g/mol. The topological polar surface area (TPSA) is 66.5 Å². The van der Waals surface area contributed by atoms with E-state index in [1.54, 1.807) is 24.3 Å². The molecule has 1 aliphatic heterocycles. The number of sulfone groups is 1. The summed E-state index contributed by atoms with van der Waals surface area (Å²) in [6, 6.07) is 12.3. The molecule has 140 valence electrons. The van der Waals surface area contributed by atoms with Crippen LogP contribution in [-0.2, 0) is 9.84 Å². The number of amides is 1. The molecule has 1 unspecified atom stereocenters. The molecular weight excluding hydrogens is 368 g/mol. The number of carbonyl (C=O) groups is 1. The van der Waals surface area contributed by atoms with Crippen molar-refractivity contribution in [2.45, 2.75) is 17.7 Å². The zero-order valence-electron chi connectivity index (χ0n) is 14.6. The molecule has 1 saturated heterocycles. The minimum atomic E-state index is -3.24. The lowest BCUT2D eigenvalue weighted by molar-refractivity contribution is 0.0938. The zero-order valence-corrected chi connectivity index (χ0v) is 16.3. The number of piperidine rings is 1. The van der Waals surface area contributed by atoms with Crippen LogP contribution in [0, 0.1) is 5.92 Å². The predicted octanol–water partition coefficient (Wildman–Crippen LogP) is 2.66. The van der Waals surface area contributed by atoms with Crippen LogP contribution in [0.1, 0.15) is 22.5 Å². The molecule has 5 nitrogen and oxygen atoms in total. The van der Waals surface area contributed by atoms with E-state index in [1.807, 2.05) is 23.6 Å². The van der Waals surface area contributed by atoms with Crippen molar-refractivity contribution >= 4 is 27.1 Å². The van der Waals surface area contributed by atoms with E-state index in [-0.39, 0.29) is 11.7 Å². The lowest BCUT2D eigenvalue weighted by Gasteiger charge is -2.32. The van der Waals surface area contributed by atoms with Crippen LogP contribution in [0.2, 0.25) is 0 Å². The summed E-state index contributed by atoms with van der Waals surface area (Å²) in [5, 5.41) is 4.89. The molecule has 3 rings (SSSR count). The van der Waals surface area contributed by atoms with Crippen LogP contribution in [0.4, 0.5) is 0 Å². The van der Waals surface area contributed by atoms with Crippen molar-refractivity contribution in [1.82, 2.24) is 10.2 Å². The second-order valence-corrected chi connectivity index (χ2v) is 9.68. The first-order valence-corrected chi connectivity index (χ1v) is 11.4. The molecule has 1 atom stereocenters. The summed E-state index contributed by atoms with van der Waals surface area (Å²) < 4.78 is 24.8. The van der Waals surface area contributed by atoms with Crippen LogP contribution in [0.15, 0.2) is 52.7 Å². The predicted molar refractivity (Wildman–Crippen MR) is 104 cm³/mol. The maximum atomic E-state index is 12.4. The van der Waals surface area contributed by atoms with Crippen LogP contribution < -0.4 is 5.32 Å². The first-order valence-electron chi connectivity index (χ1n) is 8.86. The summed E-state index contributed by atoms with van der Waals surface area (Å²) in [7, 11) is -3.24. The third-order valence-corrected chi connectivity index (χ3v) is 7.26. The highest BCUT2D eigenvalue weighted by Gasteiger charge is 2.23. The van der Waals surface area contributed by atoms with Gasteiger partial charge in [-0.2, -0.15) is 0 Å². The summed E-state index contributed by atoms with van der Waals surface area (Å²) >= 11 is 1.44. The van der Waals surface area contributed by atoms with Gasteiger partial charge in [0.1, 0.15) is 0 Å². The molecular formula is C19H24N2O3S2. The minimum Gasteiger partial charge on any atom is -0.351 e. The van der Waals surface area contributed by atoms with Crippen LogP contribution in [0.3, 0.4) is 0 Å². The van der Waals surface area contributed by atoms with E-state index in [0.717, 1.165) is 30.8 Å². The van der Waals surface area contributed by atoms with Gasteiger partial charge in [-0.3, -0.25) is 4.79 Å². The fourth-order valence-electron chi connectivity index (χ4n) is 3.25. The Balaban J connectivity index is 1.47. The molecule has 1 N–H and O–H groups in total. The molecule has 0 bridgehead atoms. The van der Waals surface area contributed by atoms with E-state index in [1.165, 1.54) is 11.3 Å². The molecule has 0 aliphatic carbocycles. The van der Waals surface area contributed by atoms with E-state index in [9.17, 15) is 13.2 Å². The Morgan fingerprint density at radius 3 is 2.73 bits per heavy atom. The first-order chi connectivity index (χ1) is 12.5. The van der Waals surface area contributed by atoms with Gasteiger partial charge < -0.3 is 10.2 Å². The highest BCUT2D eigenvalue weighted by atomic mass is 32.2. The molecule has 1 fully saturated rings. The number of carbonyl (C=O) groups excluding carboxylic acids is 1. The van der Waals surface area contributed by atoms with Gasteiger partial charge in [0.05, 0.1) is 15.5 Å². The van der Waals surface area contributed by atoms with E-state index < -0.39 is 9.84 Å². The Hall–Kier alpha value is -1.70. The Bertz CT molecular complexity index is 805. The van der Waals surface area contributed by atoms with E-state index in [4.69, 9.17) is 0 Å². The van der Waals surface area contributed by atoms with Crippen molar-refractivity contribution < 1.29 is 13.2 Å². The van der Waals surface area contributed by atoms with Crippen LogP contribution in [0.5, 0.6) is 0 Å². The van der Waals surface area contributed by atoms with Gasteiger partial charge in [0.25, 0.3) is 5.91 Å². The molecule has 1 aromatic carbocycles. The van der Waals surface area contributed by atoms with Gasteiger partial charge in [-0.15, -0.1) is 11.3 Å². The van der Waals surface area contributed by atoms with Crippen molar-refractivity contribution in [2.75, 3.05) is 31.9 Å².